The van der Waals surface area contributed by atoms with Gasteiger partial charge < -0.3 is 134 Å². The Bertz CT molecular complexity index is 4450. The number of halogens is 2. The minimum absolute atomic E-state index is 0.102. The molecular weight excluding hydrogens is 1560 g/mol. The number of carbonyl (C=O) groups excluding carboxylic acids is 8. The van der Waals surface area contributed by atoms with Crippen LogP contribution < -0.4 is 73.5 Å². The van der Waals surface area contributed by atoms with Crippen LogP contribution in [0.5, 0.6) is 46.0 Å². The van der Waals surface area contributed by atoms with E-state index in [0.717, 1.165) is 105 Å². The lowest BCUT2D eigenvalue weighted by atomic mass is 9.85. The average Bonchev–Trinajstić information content (AvgIpc) is 0.767. The summed E-state index contributed by atoms with van der Waals surface area (Å²) in [5, 5.41) is 128. The van der Waals surface area contributed by atoms with Crippen molar-refractivity contribution in [2.24, 2.45) is 17.4 Å². The van der Waals surface area contributed by atoms with Gasteiger partial charge in [-0.15, -0.1) is 0 Å². The van der Waals surface area contributed by atoms with Crippen LogP contribution in [0.15, 0.2) is 78.9 Å². The highest BCUT2D eigenvalue weighted by atomic mass is 35.5. The molecule has 5 aromatic rings. The number of unbranched alkanes of at least 4 members (excludes halogenated alkanes) is 7. The molecule has 0 saturated carbocycles. The van der Waals surface area contributed by atoms with Gasteiger partial charge in [-0.05, 0) is 117 Å². The van der Waals surface area contributed by atoms with E-state index in [0.29, 0.717) is 6.42 Å². The summed E-state index contributed by atoms with van der Waals surface area (Å²) in [6.45, 7) is 8.91. The van der Waals surface area contributed by atoms with Gasteiger partial charge in [-0.25, -0.2) is 4.79 Å². The van der Waals surface area contributed by atoms with E-state index in [-0.39, 0.29) is 71.0 Å². The summed E-state index contributed by atoms with van der Waals surface area (Å²) < 4.78 is 39.6. The maximum atomic E-state index is 16.2. The van der Waals surface area contributed by atoms with E-state index >= 15 is 14.4 Å². The lowest BCUT2D eigenvalue weighted by Gasteiger charge is -2.48. The van der Waals surface area contributed by atoms with Crippen LogP contribution >= 0.6 is 23.2 Å². The van der Waals surface area contributed by atoms with Crippen molar-refractivity contribution in [3.63, 3.8) is 0 Å². The van der Waals surface area contributed by atoms with Gasteiger partial charge >= 0.3 is 5.97 Å². The van der Waals surface area contributed by atoms with Crippen LogP contribution in [-0.4, -0.2) is 205 Å². The molecule has 0 aliphatic carbocycles. The number of benzene rings is 5. The van der Waals surface area contributed by atoms with E-state index in [1.807, 2.05) is 13.8 Å². The lowest BCUT2D eigenvalue weighted by Crippen LogP contribution is -2.66. The molecule has 5 aromatic carbocycles. The molecule has 7 aliphatic heterocycles. The number of rotatable bonds is 26. The van der Waals surface area contributed by atoms with Crippen molar-refractivity contribution in [2.45, 2.75) is 221 Å². The van der Waals surface area contributed by atoms with Crippen molar-refractivity contribution in [3.8, 4) is 57.1 Å². The number of fused-ring (bicyclic) bond motifs is 15. The normalized spacial score (nSPS) is 27.1. The molecular formula is C79H101Cl2N11O24. The Balaban J connectivity index is 1.14. The van der Waals surface area contributed by atoms with Crippen LogP contribution in [0.3, 0.4) is 0 Å². The number of aliphatic carboxylic acids is 1. The molecule has 37 heteroatoms. The van der Waals surface area contributed by atoms with E-state index < -0.39 is 231 Å². The lowest BCUT2D eigenvalue weighted by molar-refractivity contribution is -0.331. The number of amides is 8. The molecule has 22 N–H and O–H groups in total. The Hall–Kier alpha value is -9.73. The molecule has 0 spiro atoms. The predicted octanol–water partition coefficient (Wildman–Crippen LogP) is 3.35. The molecule has 116 heavy (non-hydrogen) atoms. The molecule has 35 nitrogen and oxygen atoms in total. The number of carboxylic acid groups (broad SMARTS) is 1. The second-order valence-corrected chi connectivity index (χ2v) is 31.0. The summed E-state index contributed by atoms with van der Waals surface area (Å²) in [7, 11) is 1.48. The Morgan fingerprint density at radius 2 is 1.29 bits per heavy atom. The number of phenolic OH excluding ortho intramolecular Hbond substituents is 3. The van der Waals surface area contributed by atoms with Gasteiger partial charge in [0.2, 0.25) is 59.3 Å². The van der Waals surface area contributed by atoms with Crippen LogP contribution in [0.4, 0.5) is 0 Å². The zero-order valence-electron chi connectivity index (χ0n) is 64.6. The summed E-state index contributed by atoms with van der Waals surface area (Å²) in [6.07, 6.45) is -9.31. The number of hydrogen-bond donors (Lipinski definition) is 20. The number of hydrogen-bond acceptors (Lipinski definition) is 26. The second-order valence-electron chi connectivity index (χ2n) is 30.2. The summed E-state index contributed by atoms with van der Waals surface area (Å²) >= 11 is 14.3. The summed E-state index contributed by atoms with van der Waals surface area (Å²) in [5.41, 5.74) is 7.97. The van der Waals surface area contributed by atoms with Gasteiger partial charge in [-0.2, -0.15) is 0 Å². The molecule has 7 aliphatic rings. The van der Waals surface area contributed by atoms with Crippen molar-refractivity contribution >= 4 is 76.4 Å². The average molecular weight is 1660 g/mol. The van der Waals surface area contributed by atoms with Gasteiger partial charge in [0.1, 0.15) is 89.5 Å². The number of carbonyl (C=O) groups is 9. The molecule has 8 amide bonds. The van der Waals surface area contributed by atoms with Crippen LogP contribution in [-0.2, 0) is 57.4 Å². The zero-order chi connectivity index (χ0) is 84.3. The molecule has 18 atom stereocenters. The van der Waals surface area contributed by atoms with E-state index in [1.54, 1.807) is 13.8 Å². The molecule has 630 valence electrons. The smallest absolute Gasteiger partial charge is 0.330 e. The Morgan fingerprint density at radius 3 is 1.91 bits per heavy atom. The molecule has 12 rings (SSSR count). The van der Waals surface area contributed by atoms with Gasteiger partial charge in [0.15, 0.2) is 29.9 Å². The van der Waals surface area contributed by atoms with Crippen LogP contribution in [0.2, 0.25) is 10.0 Å². The van der Waals surface area contributed by atoms with Gasteiger partial charge in [-0.3, -0.25) is 38.4 Å². The minimum Gasteiger partial charge on any atom is -0.508 e. The largest absolute Gasteiger partial charge is 0.508 e. The maximum absolute atomic E-state index is 16.2. The fraction of sp³-hybridized carbons (Fsp3) is 0.506. The van der Waals surface area contributed by atoms with Crippen molar-refractivity contribution in [1.82, 2.24) is 47.9 Å². The fourth-order valence-corrected chi connectivity index (χ4v) is 15.2. The van der Waals surface area contributed by atoms with E-state index in [9.17, 15) is 74.7 Å². The molecule has 2 fully saturated rings. The minimum atomic E-state index is -2.35. The van der Waals surface area contributed by atoms with Crippen LogP contribution in [0.25, 0.3) is 11.1 Å². The Kier molecular flexibility index (Phi) is 29.8. The number of aliphatic hydroxyl groups is 5. The van der Waals surface area contributed by atoms with Gasteiger partial charge in [0.25, 0.3) is 0 Å². The van der Waals surface area contributed by atoms with Crippen molar-refractivity contribution in [2.75, 3.05) is 26.7 Å². The topological polar surface area (TPSA) is 551 Å². The van der Waals surface area contributed by atoms with Gasteiger partial charge in [0.05, 0.1) is 34.7 Å². The number of ether oxygens (including phenoxy) is 6. The molecule has 7 heterocycles. The van der Waals surface area contributed by atoms with Crippen molar-refractivity contribution in [1.29, 1.82) is 0 Å². The highest BCUT2D eigenvalue weighted by Gasteiger charge is 2.52. The number of aliphatic hydroxyl groups excluding tert-OH is 5. The number of phenols is 3. The van der Waals surface area contributed by atoms with Crippen molar-refractivity contribution < 1.29 is 118 Å². The quantitative estimate of drug-likeness (QED) is 0.0353. The molecule has 0 radical (unpaired) electrons. The third-order valence-electron chi connectivity index (χ3n) is 21.0. The van der Waals surface area contributed by atoms with Crippen molar-refractivity contribution in [3.05, 3.63) is 117 Å². The van der Waals surface area contributed by atoms with E-state index in [2.05, 4.69) is 54.8 Å². The third kappa shape index (κ3) is 21.0. The summed E-state index contributed by atoms with van der Waals surface area (Å²) in [6, 6.07) is -0.468. The molecule has 0 unspecified atom stereocenters. The highest BCUT2D eigenvalue weighted by Crippen LogP contribution is 2.50. The van der Waals surface area contributed by atoms with E-state index in [4.69, 9.17) is 63.1 Å². The first-order valence-corrected chi connectivity index (χ1v) is 39.2. The van der Waals surface area contributed by atoms with E-state index in [1.165, 1.54) is 32.0 Å². The standard InChI is InChI=1S/C79H101Cl2N11O24/c1-7-8-9-10-11-12-13-14-15-56(97)85-22-23-86-79(5)33-57(111-36(4)70(79)102)115-69-67(101)66(100)54(34-82)114-78(69)116-68-52-28-40-29-53(68)113-51-21-18-39(27-45(51)81)65(99)63-76(108)90-61(77(109)110)43-30-41(93)31-49(95)58(43)42-25-37(16-19-48(42)94)59(73(105)92-63)89-74(106)60(40)88-72(104)47(32-55(83)96)87-75(107)62(91-71(103)46(84-6)24-35(2)3)64(98)38-17-20-50(112-52)44(80)26-38/h16-21,25-31,35-36,46-47,54,57,59-67,69-70,78,84,86,93-95,98-102H,7-15,22-24,32-34,82H2,1-6H3,(H2,83,96)(H,85,97)(H,87,107)(H,88,104)(H,89,106)(H,90,108)(H,91,103)(H,92,105)(H,109,110)/t36-,46+,47-,54+,57-,59+,60+,61-,62+,63-,64+,65+,66+,67-,69+,70+,78-,79-/m0/s1. The number of nitrogens with two attached hydrogens (primary N) is 2. The number of likely N-dealkylation sites (N-methyl/N-ethyl adjacent to an activating group) is 1. The highest BCUT2D eigenvalue weighted by molar-refractivity contribution is 6.32. The number of aromatic hydroxyl groups is 3. The second kappa shape index (κ2) is 39.0. The van der Waals surface area contributed by atoms with Crippen LogP contribution in [0.1, 0.15) is 170 Å². The van der Waals surface area contributed by atoms with Crippen LogP contribution in [0, 0.1) is 5.92 Å². The number of nitrogens with one attached hydrogen (secondary N) is 9. The number of primary amides is 1. The third-order valence-corrected chi connectivity index (χ3v) is 21.6. The zero-order valence-corrected chi connectivity index (χ0v) is 66.1. The fourth-order valence-electron chi connectivity index (χ4n) is 14.7. The maximum Gasteiger partial charge on any atom is 0.330 e. The molecule has 2 saturated heterocycles. The number of carboxylic acids is 1. The first-order chi connectivity index (χ1) is 55.1. The summed E-state index contributed by atoms with van der Waals surface area (Å²) in [5.74, 6) is -16.0. The Labute approximate surface area is 677 Å². The molecule has 11 bridgehead atoms. The Morgan fingerprint density at radius 1 is 0.681 bits per heavy atom. The summed E-state index contributed by atoms with van der Waals surface area (Å²) in [4.78, 5) is 131. The predicted molar refractivity (Wildman–Crippen MR) is 415 cm³/mol. The monoisotopic (exact) mass is 1660 g/mol. The van der Waals surface area contributed by atoms with Gasteiger partial charge in [0, 0.05) is 60.8 Å². The SMILES string of the molecule is CCCCCCCCCCC(=O)NCCN[C@@]1(C)C[C@H](O[C@H]2[C@H](Oc3c4cc5cc3Oc3ccc(cc3Cl)[C@@H](O)[C@@H](NC(=O)[C@@H](CC(C)C)NC)C(=O)N[C@@H](CC(N)=O)C(=O)N[C@H]5C(=O)N[C@H]3C(=O)N[C@H](C(=O)N[C@H](C(=O)O)c5cc(O)cc(O)c5-c5cc3ccc5O)[C@H](O)c3ccc(c(Cl)c3)O4)O[C@H](CN)[C@@H](O)[C@@H]2O)O[C@@H](C)[C@H]1O. The first-order valence-electron chi connectivity index (χ1n) is 38.4. The first kappa shape index (κ1) is 88.6. The molecule has 0 aromatic heterocycles. The van der Waals surface area contributed by atoms with Gasteiger partial charge in [-0.1, -0.05) is 107 Å².